The highest BCUT2D eigenvalue weighted by atomic mass is 16.5. The van der Waals surface area contributed by atoms with Crippen LogP contribution in [-0.2, 0) is 25.7 Å². The highest BCUT2D eigenvalue weighted by Crippen LogP contribution is 2.38. The molecule has 2 amide bonds. The standard InChI is InChI=1S/C26H41N3O5/c1-25(2,23(30)27-5)15-19-9-10-20(16-28-19)33-17-18-8-11-22-21(14-18)29(12-7-13-32-6)24(31)26(3,4)34-22/h8,11,14,19-20,28H,7,9-10,12-13,15-17H2,1-6H3,(H,27,30)/t19-,20+/m0/s1. The first-order chi connectivity index (χ1) is 16.1. The lowest BCUT2D eigenvalue weighted by Crippen LogP contribution is -2.52. The molecular formula is C26H41N3O5. The molecule has 1 fully saturated rings. The van der Waals surface area contributed by atoms with Crippen molar-refractivity contribution in [3.63, 3.8) is 0 Å². The summed E-state index contributed by atoms with van der Waals surface area (Å²) in [5.41, 5.74) is 0.510. The van der Waals surface area contributed by atoms with E-state index in [1.54, 1.807) is 28.0 Å². The van der Waals surface area contributed by atoms with E-state index in [1.807, 2.05) is 36.9 Å². The molecule has 0 spiro atoms. The van der Waals surface area contributed by atoms with Crippen molar-refractivity contribution < 1.29 is 23.8 Å². The van der Waals surface area contributed by atoms with Gasteiger partial charge in [-0.25, -0.2) is 0 Å². The van der Waals surface area contributed by atoms with Gasteiger partial charge in [-0.05, 0) is 57.2 Å². The van der Waals surface area contributed by atoms with Gasteiger partial charge in [-0.3, -0.25) is 9.59 Å². The predicted octanol–water partition coefficient (Wildman–Crippen LogP) is 3.03. The third-order valence-corrected chi connectivity index (χ3v) is 6.73. The highest BCUT2D eigenvalue weighted by molar-refractivity contribution is 6.02. The summed E-state index contributed by atoms with van der Waals surface area (Å²) in [5.74, 6) is 0.741. The van der Waals surface area contributed by atoms with E-state index in [4.69, 9.17) is 14.2 Å². The average Bonchev–Trinajstić information content (AvgIpc) is 2.80. The number of piperidine rings is 1. The number of fused-ring (bicyclic) bond motifs is 1. The maximum absolute atomic E-state index is 13.0. The monoisotopic (exact) mass is 475 g/mol. The van der Waals surface area contributed by atoms with E-state index in [-0.39, 0.29) is 17.9 Å². The highest BCUT2D eigenvalue weighted by Gasteiger charge is 2.40. The number of nitrogens with one attached hydrogen (secondary N) is 2. The average molecular weight is 476 g/mol. The van der Waals surface area contributed by atoms with Crippen LogP contribution >= 0.6 is 0 Å². The first-order valence-electron chi connectivity index (χ1n) is 12.3. The molecule has 0 radical (unpaired) electrons. The van der Waals surface area contributed by atoms with Crippen LogP contribution in [0.5, 0.6) is 5.75 Å². The van der Waals surface area contributed by atoms with E-state index in [0.717, 1.165) is 43.5 Å². The topological polar surface area (TPSA) is 89.1 Å². The van der Waals surface area contributed by atoms with Crippen molar-refractivity contribution in [3.05, 3.63) is 23.8 Å². The smallest absolute Gasteiger partial charge is 0.270 e. The largest absolute Gasteiger partial charge is 0.476 e. The summed E-state index contributed by atoms with van der Waals surface area (Å²) in [6.45, 7) is 9.99. The molecule has 2 heterocycles. The number of anilines is 1. The number of ether oxygens (including phenoxy) is 3. The quantitative estimate of drug-likeness (QED) is 0.506. The summed E-state index contributed by atoms with van der Waals surface area (Å²) in [6.07, 6.45) is 3.59. The molecule has 2 aliphatic rings. The first kappa shape index (κ1) is 26.4. The molecular weight excluding hydrogens is 434 g/mol. The second kappa shape index (κ2) is 11.1. The summed E-state index contributed by atoms with van der Waals surface area (Å²) in [6, 6.07) is 6.24. The van der Waals surface area contributed by atoms with E-state index in [0.29, 0.717) is 31.5 Å². The van der Waals surface area contributed by atoms with Crippen molar-refractivity contribution in [1.29, 1.82) is 0 Å². The van der Waals surface area contributed by atoms with Gasteiger partial charge < -0.3 is 29.7 Å². The Bertz CT molecular complexity index is 862. The summed E-state index contributed by atoms with van der Waals surface area (Å²) >= 11 is 0. The van der Waals surface area contributed by atoms with Crippen LogP contribution < -0.4 is 20.3 Å². The van der Waals surface area contributed by atoms with Crippen LogP contribution in [-0.4, -0.2) is 63.4 Å². The minimum Gasteiger partial charge on any atom is -0.476 e. The number of rotatable bonds is 10. The number of hydrogen-bond acceptors (Lipinski definition) is 6. The van der Waals surface area contributed by atoms with Crippen molar-refractivity contribution in [2.75, 3.05) is 38.8 Å². The zero-order chi connectivity index (χ0) is 24.9. The first-order valence-corrected chi connectivity index (χ1v) is 12.3. The number of nitrogens with zero attached hydrogens (tertiary/aromatic N) is 1. The fraction of sp³-hybridized carbons (Fsp3) is 0.692. The SMILES string of the molecule is CNC(=O)C(C)(C)C[C@@H]1CC[C@@H](OCc2ccc3c(c2)N(CCCOC)C(=O)C(C)(C)O3)CN1. The molecule has 1 aromatic carbocycles. The molecule has 190 valence electrons. The summed E-state index contributed by atoms with van der Waals surface area (Å²) in [5, 5.41) is 6.31. The summed E-state index contributed by atoms with van der Waals surface area (Å²) in [7, 11) is 3.35. The Kier molecular flexibility index (Phi) is 8.60. The second-order valence-electron chi connectivity index (χ2n) is 10.5. The van der Waals surface area contributed by atoms with E-state index in [9.17, 15) is 9.59 Å². The van der Waals surface area contributed by atoms with Gasteiger partial charge in [0.2, 0.25) is 5.91 Å². The van der Waals surface area contributed by atoms with Gasteiger partial charge in [0.1, 0.15) is 5.75 Å². The Balaban J connectivity index is 1.58. The molecule has 0 bridgehead atoms. The molecule has 2 atom stereocenters. The lowest BCUT2D eigenvalue weighted by molar-refractivity contribution is -0.132. The summed E-state index contributed by atoms with van der Waals surface area (Å²) < 4.78 is 17.4. The molecule has 0 saturated carbocycles. The lowest BCUT2D eigenvalue weighted by atomic mass is 9.82. The number of amides is 2. The third-order valence-electron chi connectivity index (χ3n) is 6.73. The molecule has 0 unspecified atom stereocenters. The van der Waals surface area contributed by atoms with Crippen LogP contribution in [0.1, 0.15) is 58.9 Å². The van der Waals surface area contributed by atoms with Gasteiger partial charge in [0.25, 0.3) is 5.91 Å². The number of benzene rings is 1. The van der Waals surface area contributed by atoms with E-state index < -0.39 is 11.0 Å². The van der Waals surface area contributed by atoms with Gasteiger partial charge in [0.05, 0.1) is 18.4 Å². The van der Waals surface area contributed by atoms with Crippen molar-refractivity contribution in [1.82, 2.24) is 10.6 Å². The molecule has 8 nitrogen and oxygen atoms in total. The third kappa shape index (κ3) is 6.29. The number of methoxy groups -OCH3 is 1. The number of carbonyl (C=O) groups is 2. The summed E-state index contributed by atoms with van der Waals surface area (Å²) in [4.78, 5) is 26.9. The maximum atomic E-state index is 13.0. The van der Waals surface area contributed by atoms with Crippen molar-refractivity contribution >= 4 is 17.5 Å². The predicted molar refractivity (Wildman–Crippen MR) is 132 cm³/mol. The van der Waals surface area contributed by atoms with Gasteiger partial charge >= 0.3 is 0 Å². The molecule has 34 heavy (non-hydrogen) atoms. The fourth-order valence-electron chi connectivity index (χ4n) is 4.76. The lowest BCUT2D eigenvalue weighted by Gasteiger charge is -2.39. The zero-order valence-electron chi connectivity index (χ0n) is 21.5. The van der Waals surface area contributed by atoms with Crippen LogP contribution in [0.2, 0.25) is 0 Å². The van der Waals surface area contributed by atoms with E-state index >= 15 is 0 Å². The van der Waals surface area contributed by atoms with Crippen LogP contribution in [0.15, 0.2) is 18.2 Å². The van der Waals surface area contributed by atoms with Crippen LogP contribution in [0.25, 0.3) is 0 Å². The molecule has 3 rings (SSSR count). The van der Waals surface area contributed by atoms with Crippen LogP contribution in [0.4, 0.5) is 5.69 Å². The van der Waals surface area contributed by atoms with Crippen LogP contribution in [0.3, 0.4) is 0 Å². The normalized spacial score (nSPS) is 22.2. The molecule has 2 aliphatic heterocycles. The van der Waals surface area contributed by atoms with Crippen molar-refractivity contribution in [2.24, 2.45) is 5.41 Å². The number of carbonyl (C=O) groups excluding carboxylic acids is 2. The van der Waals surface area contributed by atoms with E-state index in [1.165, 1.54) is 0 Å². The number of hydrogen-bond donors (Lipinski definition) is 2. The fourth-order valence-corrected chi connectivity index (χ4v) is 4.76. The Labute approximate surface area is 203 Å². The van der Waals surface area contributed by atoms with Crippen LogP contribution in [0, 0.1) is 5.41 Å². The molecule has 2 N–H and O–H groups in total. The molecule has 8 heteroatoms. The Hall–Kier alpha value is -2.16. The van der Waals surface area contributed by atoms with Crippen molar-refractivity contribution in [2.45, 2.75) is 77.7 Å². The van der Waals surface area contributed by atoms with Gasteiger partial charge in [-0.1, -0.05) is 19.9 Å². The molecule has 1 aromatic rings. The Morgan fingerprint density at radius 3 is 2.74 bits per heavy atom. The van der Waals surface area contributed by atoms with Crippen molar-refractivity contribution in [3.8, 4) is 5.75 Å². The molecule has 1 saturated heterocycles. The second-order valence-corrected chi connectivity index (χ2v) is 10.5. The van der Waals surface area contributed by atoms with Gasteiger partial charge in [0, 0.05) is 45.3 Å². The van der Waals surface area contributed by atoms with Gasteiger partial charge in [-0.15, -0.1) is 0 Å². The minimum absolute atomic E-state index is 0.0450. The maximum Gasteiger partial charge on any atom is 0.270 e. The Morgan fingerprint density at radius 2 is 2.09 bits per heavy atom. The molecule has 0 aliphatic carbocycles. The zero-order valence-corrected chi connectivity index (χ0v) is 21.5. The Morgan fingerprint density at radius 1 is 1.32 bits per heavy atom. The van der Waals surface area contributed by atoms with Gasteiger partial charge in [-0.2, -0.15) is 0 Å². The van der Waals surface area contributed by atoms with Gasteiger partial charge in [0.15, 0.2) is 5.60 Å². The van der Waals surface area contributed by atoms with E-state index in [2.05, 4.69) is 10.6 Å². The minimum atomic E-state index is -0.894. The molecule has 0 aromatic heterocycles.